The number of carbonyl (C=O) groups is 1. The molecule has 0 unspecified atom stereocenters. The molecule has 0 radical (unpaired) electrons. The number of benzene rings is 7. The Morgan fingerprint density at radius 2 is 0.725 bits per heavy atom. The summed E-state index contributed by atoms with van der Waals surface area (Å²) in [4.78, 5) is 24.6. The summed E-state index contributed by atoms with van der Waals surface area (Å²) in [5.41, 5.74) is 11.5. The lowest BCUT2D eigenvalue weighted by Crippen LogP contribution is -2.38. The molecule has 3 heteroatoms. The summed E-state index contributed by atoms with van der Waals surface area (Å²) in [6.45, 7) is 0. The van der Waals surface area contributed by atoms with Gasteiger partial charge >= 0.3 is 0 Å². The first-order valence-electron chi connectivity index (χ1n) is 17.2. The van der Waals surface area contributed by atoms with Crippen molar-refractivity contribution in [1.29, 1.82) is 0 Å². The van der Waals surface area contributed by atoms with Crippen molar-refractivity contribution in [2.24, 2.45) is 0 Å². The standard InChI is InChI=1S/C48H32N2O/c51-46-39-27-13-16-30-42(39)48(35-22-8-3-9-23-35,43-31-17-14-28-40(43)46)41-29-15-12-25-37(41)36-24-10-11-26-38(36)47-49-44(33-18-4-1-5-19-33)32-45(50-47)34-20-6-2-7-21-34/h1-32H. The van der Waals surface area contributed by atoms with Crippen LogP contribution in [0.2, 0.25) is 0 Å². The third kappa shape index (κ3) is 5.02. The number of rotatable bonds is 6. The molecule has 0 amide bonds. The molecule has 51 heavy (non-hydrogen) atoms. The number of fused-ring (bicyclic) bond motifs is 2. The Bertz CT molecular complexity index is 2430. The monoisotopic (exact) mass is 652 g/mol. The van der Waals surface area contributed by atoms with Gasteiger partial charge in [0.1, 0.15) is 0 Å². The largest absolute Gasteiger partial charge is 0.289 e. The molecule has 1 aromatic heterocycles. The molecule has 7 aromatic carbocycles. The van der Waals surface area contributed by atoms with Crippen LogP contribution in [0.15, 0.2) is 194 Å². The zero-order valence-electron chi connectivity index (χ0n) is 27.8. The van der Waals surface area contributed by atoms with Crippen LogP contribution >= 0.6 is 0 Å². The first-order chi connectivity index (χ1) is 25.2. The second-order valence-corrected chi connectivity index (χ2v) is 12.8. The highest BCUT2D eigenvalue weighted by molar-refractivity contribution is 6.14. The number of hydrogen-bond acceptors (Lipinski definition) is 3. The van der Waals surface area contributed by atoms with Gasteiger partial charge in [-0.2, -0.15) is 0 Å². The first-order valence-corrected chi connectivity index (χ1v) is 17.2. The minimum absolute atomic E-state index is 0.0465. The Morgan fingerprint density at radius 3 is 1.24 bits per heavy atom. The molecule has 3 nitrogen and oxygen atoms in total. The van der Waals surface area contributed by atoms with Crippen LogP contribution in [0.25, 0.3) is 45.0 Å². The highest BCUT2D eigenvalue weighted by atomic mass is 16.1. The van der Waals surface area contributed by atoms with E-state index in [4.69, 9.17) is 9.97 Å². The number of hydrogen-bond donors (Lipinski definition) is 0. The van der Waals surface area contributed by atoms with E-state index in [9.17, 15) is 4.79 Å². The van der Waals surface area contributed by atoms with Gasteiger partial charge in [0, 0.05) is 27.8 Å². The van der Waals surface area contributed by atoms with Gasteiger partial charge in [-0.1, -0.05) is 188 Å². The van der Waals surface area contributed by atoms with Crippen molar-refractivity contribution in [3.05, 3.63) is 228 Å². The number of ketones is 1. The molecule has 0 spiro atoms. The maximum absolute atomic E-state index is 14.1. The fourth-order valence-electron chi connectivity index (χ4n) is 7.79. The second-order valence-electron chi connectivity index (χ2n) is 12.8. The van der Waals surface area contributed by atoms with E-state index in [0.29, 0.717) is 5.82 Å². The Labute approximate surface area is 297 Å². The van der Waals surface area contributed by atoms with Gasteiger partial charge in [-0.3, -0.25) is 4.79 Å². The van der Waals surface area contributed by atoms with Gasteiger partial charge in [0.15, 0.2) is 11.6 Å². The average Bonchev–Trinajstić information content (AvgIpc) is 3.22. The summed E-state index contributed by atoms with van der Waals surface area (Å²) in [5, 5.41) is 0. The van der Waals surface area contributed by atoms with E-state index in [-0.39, 0.29) is 5.78 Å². The third-order valence-electron chi connectivity index (χ3n) is 10.0. The summed E-state index contributed by atoms with van der Waals surface area (Å²) in [6, 6.07) is 66.4. The van der Waals surface area contributed by atoms with E-state index in [2.05, 4.69) is 115 Å². The van der Waals surface area contributed by atoms with Crippen LogP contribution in [0.3, 0.4) is 0 Å². The minimum atomic E-state index is -0.784. The molecule has 0 saturated carbocycles. The summed E-state index contributed by atoms with van der Waals surface area (Å²) >= 11 is 0. The lowest BCUT2D eigenvalue weighted by molar-refractivity contribution is 0.103. The minimum Gasteiger partial charge on any atom is -0.289 e. The van der Waals surface area contributed by atoms with Crippen LogP contribution < -0.4 is 0 Å². The van der Waals surface area contributed by atoms with Gasteiger partial charge in [0.05, 0.1) is 16.8 Å². The van der Waals surface area contributed by atoms with Crippen LogP contribution in [0.5, 0.6) is 0 Å². The van der Waals surface area contributed by atoms with Crippen LogP contribution in [0.4, 0.5) is 0 Å². The van der Waals surface area contributed by atoms with Crippen molar-refractivity contribution in [2.75, 3.05) is 0 Å². The highest BCUT2D eigenvalue weighted by Gasteiger charge is 2.47. The molecular formula is C48H32N2O. The van der Waals surface area contributed by atoms with Gasteiger partial charge < -0.3 is 0 Å². The normalized spacial score (nSPS) is 12.9. The summed E-state index contributed by atoms with van der Waals surface area (Å²) in [6.07, 6.45) is 0. The molecule has 0 aliphatic heterocycles. The lowest BCUT2D eigenvalue weighted by Gasteiger charge is -2.42. The number of carbonyl (C=O) groups excluding carboxylic acids is 1. The first kappa shape index (κ1) is 30.4. The smallest absolute Gasteiger partial charge is 0.193 e. The van der Waals surface area contributed by atoms with E-state index < -0.39 is 5.41 Å². The quantitative estimate of drug-likeness (QED) is 0.180. The zero-order chi connectivity index (χ0) is 34.2. The van der Waals surface area contributed by atoms with Gasteiger partial charge in [0.25, 0.3) is 0 Å². The number of aromatic nitrogens is 2. The van der Waals surface area contributed by atoms with E-state index in [1.54, 1.807) is 0 Å². The number of nitrogens with zero attached hydrogens (tertiary/aromatic N) is 2. The molecule has 0 saturated heterocycles. The Morgan fingerprint density at radius 1 is 0.353 bits per heavy atom. The van der Waals surface area contributed by atoms with Crippen LogP contribution in [0.1, 0.15) is 38.2 Å². The van der Waals surface area contributed by atoms with Gasteiger partial charge in [-0.25, -0.2) is 9.97 Å². The van der Waals surface area contributed by atoms with E-state index >= 15 is 0 Å². The van der Waals surface area contributed by atoms with Crippen molar-refractivity contribution in [1.82, 2.24) is 9.97 Å². The molecule has 8 aromatic rings. The van der Waals surface area contributed by atoms with Gasteiger partial charge in [-0.15, -0.1) is 0 Å². The van der Waals surface area contributed by atoms with Gasteiger partial charge in [0.2, 0.25) is 0 Å². The fourth-order valence-corrected chi connectivity index (χ4v) is 7.79. The van der Waals surface area contributed by atoms with Crippen LogP contribution in [-0.4, -0.2) is 15.8 Å². The predicted octanol–water partition coefficient (Wildman–Crippen LogP) is 11.1. The predicted molar refractivity (Wildman–Crippen MR) is 206 cm³/mol. The molecule has 0 atom stereocenters. The summed E-state index contributed by atoms with van der Waals surface area (Å²) in [7, 11) is 0. The van der Waals surface area contributed by atoms with E-state index in [1.807, 2.05) is 78.9 Å². The van der Waals surface area contributed by atoms with Crippen molar-refractivity contribution >= 4 is 5.78 Å². The van der Waals surface area contributed by atoms with Crippen molar-refractivity contribution in [2.45, 2.75) is 5.41 Å². The van der Waals surface area contributed by atoms with Crippen LogP contribution in [0, 0.1) is 0 Å². The lowest BCUT2D eigenvalue weighted by atomic mass is 9.58. The van der Waals surface area contributed by atoms with Crippen molar-refractivity contribution in [3.63, 3.8) is 0 Å². The summed E-state index contributed by atoms with van der Waals surface area (Å²) in [5.74, 6) is 0.694. The maximum atomic E-state index is 14.1. The molecular weight excluding hydrogens is 621 g/mol. The molecule has 240 valence electrons. The molecule has 1 aliphatic rings. The fraction of sp³-hybridized carbons (Fsp3) is 0.0208. The molecule has 0 N–H and O–H groups in total. The van der Waals surface area contributed by atoms with Crippen molar-refractivity contribution < 1.29 is 4.79 Å². The zero-order valence-corrected chi connectivity index (χ0v) is 27.8. The van der Waals surface area contributed by atoms with E-state index in [1.165, 1.54) is 0 Å². The topological polar surface area (TPSA) is 42.9 Å². The van der Waals surface area contributed by atoms with E-state index in [0.717, 1.165) is 72.6 Å². The SMILES string of the molecule is O=C1c2ccccc2C(c2ccccc2)(c2ccccc2-c2ccccc2-c2nc(-c3ccccc3)cc(-c3ccccc3)n2)c2ccccc21. The molecule has 9 rings (SSSR count). The third-order valence-corrected chi connectivity index (χ3v) is 10.0. The summed E-state index contributed by atoms with van der Waals surface area (Å²) < 4.78 is 0. The van der Waals surface area contributed by atoms with Gasteiger partial charge in [-0.05, 0) is 39.4 Å². The Hall–Kier alpha value is -6.71. The average molecular weight is 653 g/mol. The molecule has 0 bridgehead atoms. The molecule has 0 fully saturated rings. The maximum Gasteiger partial charge on any atom is 0.193 e. The Balaban J connectivity index is 1.34. The highest BCUT2D eigenvalue weighted by Crippen LogP contribution is 2.53. The van der Waals surface area contributed by atoms with Crippen molar-refractivity contribution in [3.8, 4) is 45.0 Å². The molecule has 1 aliphatic carbocycles. The van der Waals surface area contributed by atoms with Crippen LogP contribution in [-0.2, 0) is 5.41 Å². The Kier molecular flexibility index (Phi) is 7.52. The second kappa shape index (κ2) is 12.6. The molecule has 1 heterocycles.